The number of methoxy groups -OCH3 is 1. The summed E-state index contributed by atoms with van der Waals surface area (Å²) in [6, 6.07) is 32.4. The first kappa shape index (κ1) is 23.5. The molecule has 4 aromatic rings. The van der Waals surface area contributed by atoms with Gasteiger partial charge in [-0.25, -0.2) is 0 Å². The van der Waals surface area contributed by atoms with Crippen molar-refractivity contribution >= 4 is 11.7 Å². The summed E-state index contributed by atoms with van der Waals surface area (Å²) in [6.45, 7) is 2.81. The van der Waals surface area contributed by atoms with Crippen LogP contribution in [0.25, 0.3) is 11.3 Å². The van der Waals surface area contributed by atoms with Crippen molar-refractivity contribution in [3.63, 3.8) is 0 Å². The zero-order chi connectivity index (χ0) is 24.7. The second-order valence-corrected chi connectivity index (χ2v) is 8.92. The van der Waals surface area contributed by atoms with Gasteiger partial charge in [0.15, 0.2) is 5.82 Å². The molecule has 1 aliphatic heterocycles. The third-order valence-electron chi connectivity index (χ3n) is 6.77. The van der Waals surface area contributed by atoms with E-state index in [4.69, 9.17) is 4.74 Å². The fourth-order valence-corrected chi connectivity index (χ4v) is 4.78. The zero-order valence-corrected chi connectivity index (χ0v) is 20.5. The number of benzene rings is 3. The third kappa shape index (κ3) is 5.23. The molecule has 2 heterocycles. The molecule has 0 unspecified atom stereocenters. The van der Waals surface area contributed by atoms with Gasteiger partial charge < -0.3 is 14.5 Å². The van der Waals surface area contributed by atoms with E-state index in [2.05, 4.69) is 39.4 Å². The standard InChI is InChI=1S/C30H30N4O2/c1-36-28-15-9-8-14-25(28)27-16-17-29(32-31-27)33-18-20-34(21-19-33)30(35)22-26(23-10-4-2-5-11-23)24-12-6-3-7-13-24/h2-17,26H,18-22H2,1H3. The fourth-order valence-electron chi connectivity index (χ4n) is 4.78. The van der Waals surface area contributed by atoms with Crippen LogP contribution in [0, 0.1) is 0 Å². The van der Waals surface area contributed by atoms with Crippen LogP contribution in [0.4, 0.5) is 5.82 Å². The maximum absolute atomic E-state index is 13.3. The van der Waals surface area contributed by atoms with E-state index in [-0.39, 0.29) is 11.8 Å². The number of aromatic nitrogens is 2. The van der Waals surface area contributed by atoms with Crippen molar-refractivity contribution in [3.05, 3.63) is 108 Å². The van der Waals surface area contributed by atoms with Crippen LogP contribution >= 0.6 is 0 Å². The molecule has 3 aromatic carbocycles. The summed E-state index contributed by atoms with van der Waals surface area (Å²) < 4.78 is 5.45. The van der Waals surface area contributed by atoms with E-state index >= 15 is 0 Å². The van der Waals surface area contributed by atoms with Crippen LogP contribution in [0.5, 0.6) is 5.75 Å². The van der Waals surface area contributed by atoms with Gasteiger partial charge in [-0.3, -0.25) is 4.79 Å². The van der Waals surface area contributed by atoms with Crippen molar-refractivity contribution in [2.45, 2.75) is 12.3 Å². The highest BCUT2D eigenvalue weighted by molar-refractivity contribution is 5.78. The Balaban J connectivity index is 1.23. The molecule has 36 heavy (non-hydrogen) atoms. The Morgan fingerprint density at radius 2 is 1.39 bits per heavy atom. The second-order valence-electron chi connectivity index (χ2n) is 8.92. The lowest BCUT2D eigenvalue weighted by Crippen LogP contribution is -2.49. The minimum absolute atomic E-state index is 0.0475. The normalized spacial score (nSPS) is 13.6. The Hall–Kier alpha value is -4.19. The molecule has 1 aromatic heterocycles. The maximum Gasteiger partial charge on any atom is 0.223 e. The Labute approximate surface area is 212 Å². The molecular formula is C30H30N4O2. The highest BCUT2D eigenvalue weighted by Crippen LogP contribution is 2.30. The van der Waals surface area contributed by atoms with Crippen LogP contribution in [-0.2, 0) is 4.79 Å². The van der Waals surface area contributed by atoms with Crippen molar-refractivity contribution in [2.75, 3.05) is 38.2 Å². The van der Waals surface area contributed by atoms with Crippen molar-refractivity contribution < 1.29 is 9.53 Å². The predicted octanol–water partition coefficient (Wildman–Crippen LogP) is 5.02. The molecule has 0 spiro atoms. The van der Waals surface area contributed by atoms with Gasteiger partial charge in [0.1, 0.15) is 5.75 Å². The van der Waals surface area contributed by atoms with Gasteiger partial charge in [-0.05, 0) is 35.4 Å². The maximum atomic E-state index is 13.3. The van der Waals surface area contributed by atoms with Gasteiger partial charge in [0, 0.05) is 44.1 Å². The van der Waals surface area contributed by atoms with E-state index in [0.717, 1.165) is 35.9 Å². The van der Waals surface area contributed by atoms with Crippen LogP contribution in [0.3, 0.4) is 0 Å². The Kier molecular flexibility index (Phi) is 7.22. The van der Waals surface area contributed by atoms with E-state index < -0.39 is 0 Å². The highest BCUT2D eigenvalue weighted by Gasteiger charge is 2.26. The lowest BCUT2D eigenvalue weighted by Gasteiger charge is -2.36. The van der Waals surface area contributed by atoms with E-state index in [0.29, 0.717) is 19.5 Å². The minimum Gasteiger partial charge on any atom is -0.496 e. The molecule has 0 atom stereocenters. The van der Waals surface area contributed by atoms with Gasteiger partial charge in [-0.1, -0.05) is 72.8 Å². The number of para-hydroxylation sites is 1. The molecule has 1 aliphatic rings. The molecule has 1 saturated heterocycles. The van der Waals surface area contributed by atoms with E-state index in [1.165, 1.54) is 11.1 Å². The Morgan fingerprint density at radius 3 is 1.97 bits per heavy atom. The largest absolute Gasteiger partial charge is 0.496 e. The van der Waals surface area contributed by atoms with Crippen LogP contribution in [0.15, 0.2) is 97.1 Å². The average Bonchev–Trinajstić information content (AvgIpc) is 2.97. The van der Waals surface area contributed by atoms with Gasteiger partial charge >= 0.3 is 0 Å². The predicted molar refractivity (Wildman–Crippen MR) is 142 cm³/mol. The lowest BCUT2D eigenvalue weighted by molar-refractivity contribution is -0.131. The van der Waals surface area contributed by atoms with Crippen LogP contribution in [-0.4, -0.2) is 54.3 Å². The number of piperazine rings is 1. The first-order chi connectivity index (χ1) is 17.7. The summed E-state index contributed by atoms with van der Waals surface area (Å²) in [5, 5.41) is 8.91. The number of carbonyl (C=O) groups excluding carboxylic acids is 1. The summed E-state index contributed by atoms with van der Waals surface area (Å²) >= 11 is 0. The van der Waals surface area contributed by atoms with Crippen LogP contribution in [0.2, 0.25) is 0 Å². The molecule has 1 amide bonds. The van der Waals surface area contributed by atoms with Crippen molar-refractivity contribution in [3.8, 4) is 17.0 Å². The first-order valence-corrected chi connectivity index (χ1v) is 12.3. The number of rotatable bonds is 7. The molecule has 5 rings (SSSR count). The van der Waals surface area contributed by atoms with Crippen molar-refractivity contribution in [1.29, 1.82) is 0 Å². The number of hydrogen-bond acceptors (Lipinski definition) is 5. The van der Waals surface area contributed by atoms with E-state index in [1.54, 1.807) is 7.11 Å². The van der Waals surface area contributed by atoms with Crippen molar-refractivity contribution in [2.24, 2.45) is 0 Å². The number of ether oxygens (including phenoxy) is 1. The number of hydrogen-bond donors (Lipinski definition) is 0. The molecule has 0 saturated carbocycles. The lowest BCUT2D eigenvalue weighted by atomic mass is 9.88. The quantitative estimate of drug-likeness (QED) is 0.373. The molecule has 0 radical (unpaired) electrons. The van der Waals surface area contributed by atoms with Crippen LogP contribution in [0.1, 0.15) is 23.5 Å². The Morgan fingerprint density at radius 1 is 0.778 bits per heavy atom. The SMILES string of the molecule is COc1ccccc1-c1ccc(N2CCN(C(=O)CC(c3ccccc3)c3ccccc3)CC2)nn1. The number of amides is 1. The molecular weight excluding hydrogens is 448 g/mol. The van der Waals surface area contributed by atoms with Gasteiger partial charge in [0.2, 0.25) is 5.91 Å². The van der Waals surface area contributed by atoms with Gasteiger partial charge in [0.25, 0.3) is 0 Å². The number of carbonyl (C=O) groups is 1. The molecule has 0 N–H and O–H groups in total. The third-order valence-corrected chi connectivity index (χ3v) is 6.77. The Bertz CT molecular complexity index is 1230. The van der Waals surface area contributed by atoms with Gasteiger partial charge in [0.05, 0.1) is 12.8 Å². The van der Waals surface area contributed by atoms with Crippen molar-refractivity contribution in [1.82, 2.24) is 15.1 Å². The minimum atomic E-state index is 0.0475. The summed E-state index contributed by atoms with van der Waals surface area (Å²) in [5.41, 5.74) is 4.03. The fraction of sp³-hybridized carbons (Fsp3) is 0.233. The van der Waals surface area contributed by atoms with Crippen LogP contribution < -0.4 is 9.64 Å². The molecule has 182 valence electrons. The summed E-state index contributed by atoms with van der Waals surface area (Å²) in [5.74, 6) is 1.83. The van der Waals surface area contributed by atoms with E-state index in [1.807, 2.05) is 77.7 Å². The van der Waals surface area contributed by atoms with Gasteiger partial charge in [-0.15, -0.1) is 10.2 Å². The number of anilines is 1. The monoisotopic (exact) mass is 478 g/mol. The summed E-state index contributed by atoms with van der Waals surface area (Å²) in [7, 11) is 1.66. The smallest absolute Gasteiger partial charge is 0.223 e. The zero-order valence-electron chi connectivity index (χ0n) is 20.5. The highest BCUT2D eigenvalue weighted by atomic mass is 16.5. The van der Waals surface area contributed by atoms with E-state index in [9.17, 15) is 4.79 Å². The summed E-state index contributed by atoms with van der Waals surface area (Å²) in [6.07, 6.45) is 0.460. The molecule has 6 nitrogen and oxygen atoms in total. The first-order valence-electron chi connectivity index (χ1n) is 12.3. The number of nitrogens with zero attached hydrogens (tertiary/aromatic N) is 4. The summed E-state index contributed by atoms with van der Waals surface area (Å²) in [4.78, 5) is 17.5. The molecule has 6 heteroatoms. The van der Waals surface area contributed by atoms with Gasteiger partial charge in [-0.2, -0.15) is 0 Å². The molecule has 0 bridgehead atoms. The molecule has 1 fully saturated rings. The topological polar surface area (TPSA) is 58.6 Å². The average molecular weight is 479 g/mol. The molecule has 0 aliphatic carbocycles. The second kappa shape index (κ2) is 11.0.